The third-order valence-electron chi connectivity index (χ3n) is 18.7. The summed E-state index contributed by atoms with van der Waals surface area (Å²) in [5.41, 5.74) is 10.1. The Balaban J connectivity index is 0.00000433. The number of halogens is 4. The molecule has 4 N–H and O–H groups in total. The fourth-order valence-corrected chi connectivity index (χ4v) is 14.3. The zero-order valence-electron chi connectivity index (χ0n) is 61.8. The number of nitrogens with zero attached hydrogens (tertiary/aromatic N) is 2. The number of aromatic nitrogens is 2. The van der Waals surface area contributed by atoms with Crippen LogP contribution in [-0.4, -0.2) is 42.0 Å². The molecular formula is C85H106F4HfN2O4. The van der Waals surface area contributed by atoms with Crippen molar-refractivity contribution in [2.75, 3.05) is 13.2 Å². The van der Waals surface area contributed by atoms with Crippen LogP contribution in [0.1, 0.15) is 205 Å². The maximum absolute atomic E-state index is 16.8. The molecule has 0 saturated carbocycles. The molecule has 2 heterocycles. The van der Waals surface area contributed by atoms with Crippen LogP contribution in [0.3, 0.4) is 0 Å². The number of rotatable bonds is 14. The Morgan fingerprint density at radius 3 is 0.865 bits per heavy atom. The van der Waals surface area contributed by atoms with Crippen molar-refractivity contribution in [3.63, 3.8) is 0 Å². The monoisotopic (exact) mass is 1470 g/mol. The fraction of sp³-hybridized carbons (Fsp3) is 0.412. The fourth-order valence-electron chi connectivity index (χ4n) is 14.3. The van der Waals surface area contributed by atoms with Crippen LogP contribution in [-0.2, 0) is 58.3 Å². The molecule has 10 aromatic rings. The van der Waals surface area contributed by atoms with E-state index in [-0.39, 0.29) is 138 Å². The molecule has 0 fully saturated rings. The van der Waals surface area contributed by atoms with Crippen LogP contribution in [0.25, 0.3) is 77.2 Å². The molecular weight excluding hydrogens is 1370 g/mol. The van der Waals surface area contributed by atoms with Gasteiger partial charge in [0.05, 0.1) is 44.6 Å². The second kappa shape index (κ2) is 26.8. The van der Waals surface area contributed by atoms with Crippen LogP contribution in [0.2, 0.25) is 0 Å². The number of benzene rings is 8. The number of hydrogen-bond acceptors (Lipinski definition) is 2. The largest absolute Gasteiger partial charge is 0.580 e. The van der Waals surface area contributed by atoms with Gasteiger partial charge in [0, 0.05) is 58.5 Å². The smallest absolute Gasteiger partial charge is 0.302 e. The Hall–Kier alpha value is -6.85. The van der Waals surface area contributed by atoms with E-state index in [1.165, 1.54) is 12.1 Å². The predicted octanol–water partition coefficient (Wildman–Crippen LogP) is 24.3. The van der Waals surface area contributed by atoms with Gasteiger partial charge < -0.3 is 43.7 Å². The number of fused-ring (bicyclic) bond motifs is 6. The molecule has 10 rings (SSSR count). The minimum atomic E-state index is -1.18. The molecule has 0 aliphatic heterocycles. The average molecular weight is 1470 g/mol. The van der Waals surface area contributed by atoms with E-state index in [1.54, 1.807) is 0 Å². The molecule has 96 heavy (non-hydrogen) atoms. The Morgan fingerprint density at radius 1 is 0.344 bits per heavy atom. The first-order valence-corrected chi connectivity index (χ1v) is 33.1. The molecule has 0 spiro atoms. The maximum atomic E-state index is 16.8. The second-order valence-corrected chi connectivity index (χ2v) is 34.3. The molecule has 0 aliphatic carbocycles. The molecule has 0 atom stereocenters. The molecule has 0 unspecified atom stereocenters. The van der Waals surface area contributed by atoms with E-state index < -0.39 is 34.1 Å². The maximum Gasteiger partial charge on any atom is 0.302 e. The summed E-state index contributed by atoms with van der Waals surface area (Å²) in [6.07, 6.45) is 1.62. The van der Waals surface area contributed by atoms with Crippen LogP contribution < -0.4 is 0 Å². The van der Waals surface area contributed by atoms with E-state index in [2.05, 4.69) is 234 Å². The van der Waals surface area contributed by atoms with E-state index in [0.29, 0.717) is 11.4 Å². The van der Waals surface area contributed by atoms with E-state index in [9.17, 15) is 10.2 Å². The minimum Gasteiger partial charge on any atom is -0.580 e. The average Bonchev–Trinajstić information content (AvgIpc) is 1.53. The van der Waals surface area contributed by atoms with E-state index in [0.717, 1.165) is 102 Å². The summed E-state index contributed by atoms with van der Waals surface area (Å²) in [6.45, 7) is 48.0. The SMILES string of the molecule is CC(C)(C)CC(C)(C)c1cc(-c2ccc(F)c(F)c2[OH+]CCC[OH+]c2c(-c3cc(C(C)(C)CC(C)(C)C)cc(-n4c5ccc(C(C)(C)C)cc5c5cc(C(C)(C)C)ccc54)c3O)ccc(F)c2F)c(O)c(-n2c3ccc(C(C)(C)C)cc3c3cc(C(C)(C)C)ccc32)c1.[CH3-].[CH3-].[Hf]. The standard InChI is InChI=1S/C83H98F4N2O4.2CH3.Hf/c1-76(2,3)46-82(19,20)52-42-60(72(90)68(44-52)88-64-32-24-48(78(7,8)9)38-56(64)57-39-49(79(10,11)12)25-33-65(57)88)54-28-30-62(84)70(86)74(54)92-36-23-37-93-75-55(29-31-63(85)71(75)87)61-43-53(83(21,22)47-77(4,5)6)45-69(73(61)91)89-66-34-26-50(80(13,14)15)40-58(66)59-41-51(81(16,17)18)27-35-67(59)89;;;/h24-35,38-45,90-91H,23,36-37,46-47H2,1-22H3;2*1H3;/q;2*-1;/p+2. The quantitative estimate of drug-likeness (QED) is 0.0374. The Labute approximate surface area is 589 Å². The van der Waals surface area contributed by atoms with Crippen molar-refractivity contribution in [3.05, 3.63) is 193 Å². The van der Waals surface area contributed by atoms with Gasteiger partial charge in [-0.25, -0.2) is 8.78 Å². The Kier molecular flexibility index (Phi) is 21.3. The topological polar surface area (TPSA) is 75.9 Å². The molecule has 2 aromatic heterocycles. The van der Waals surface area contributed by atoms with Crippen LogP contribution in [0.4, 0.5) is 17.6 Å². The summed E-state index contributed by atoms with van der Waals surface area (Å²) in [4.78, 5) is 0. The van der Waals surface area contributed by atoms with Crippen LogP contribution in [0.5, 0.6) is 23.0 Å². The number of aliphatic hydroxyl groups is 2. The van der Waals surface area contributed by atoms with Crippen molar-refractivity contribution < 1.29 is 63.1 Å². The van der Waals surface area contributed by atoms with Gasteiger partial charge in [-0.05, 0) is 187 Å². The molecule has 11 heteroatoms. The van der Waals surface area contributed by atoms with Crippen molar-refractivity contribution in [1.82, 2.24) is 9.13 Å². The Morgan fingerprint density at radius 2 is 0.615 bits per heavy atom. The van der Waals surface area contributed by atoms with Crippen LogP contribution in [0.15, 0.2) is 121 Å². The summed E-state index contributed by atoms with van der Waals surface area (Å²) < 4.78 is 78.8. The van der Waals surface area contributed by atoms with Gasteiger partial charge in [0.15, 0.2) is 24.8 Å². The number of phenols is 2. The predicted molar refractivity (Wildman–Crippen MR) is 395 cm³/mol. The molecule has 0 amide bonds. The number of aromatic hydroxyl groups is 4. The zero-order chi connectivity index (χ0) is 68.4. The van der Waals surface area contributed by atoms with Crippen molar-refractivity contribution in [3.8, 4) is 56.6 Å². The zero-order valence-corrected chi connectivity index (χ0v) is 65.4. The number of hydrogen-bond donors (Lipinski definition) is 2. The first-order valence-electron chi connectivity index (χ1n) is 33.1. The summed E-state index contributed by atoms with van der Waals surface area (Å²) >= 11 is 0. The van der Waals surface area contributed by atoms with E-state index in [4.69, 9.17) is 9.47 Å². The summed E-state index contributed by atoms with van der Waals surface area (Å²) in [5.74, 6) is -5.41. The van der Waals surface area contributed by atoms with E-state index >= 15 is 17.6 Å². The molecule has 512 valence electrons. The Bertz CT molecular complexity index is 4130. The first kappa shape index (κ1) is 76.5. The molecule has 0 saturated heterocycles. The molecule has 0 bridgehead atoms. The summed E-state index contributed by atoms with van der Waals surface area (Å²) in [6, 6.07) is 38.9. The van der Waals surface area contributed by atoms with Crippen molar-refractivity contribution in [1.29, 1.82) is 0 Å². The third kappa shape index (κ3) is 15.1. The van der Waals surface area contributed by atoms with Gasteiger partial charge in [0.1, 0.15) is 17.9 Å². The molecule has 6 nitrogen and oxygen atoms in total. The molecule has 8 aromatic carbocycles. The summed E-state index contributed by atoms with van der Waals surface area (Å²) in [5, 5.41) is 30.1. The van der Waals surface area contributed by atoms with E-state index in [1.807, 2.05) is 24.3 Å². The van der Waals surface area contributed by atoms with Crippen molar-refractivity contribution in [2.24, 2.45) is 10.8 Å². The van der Waals surface area contributed by atoms with Crippen LogP contribution in [0, 0.1) is 49.0 Å². The van der Waals surface area contributed by atoms with Gasteiger partial charge in [-0.2, -0.15) is 8.78 Å². The van der Waals surface area contributed by atoms with Gasteiger partial charge in [-0.1, -0.05) is 177 Å². The minimum absolute atomic E-state index is 0. The van der Waals surface area contributed by atoms with Gasteiger partial charge >= 0.3 is 11.5 Å². The molecule has 0 aliphatic rings. The van der Waals surface area contributed by atoms with Gasteiger partial charge in [-0.3, -0.25) is 0 Å². The second-order valence-electron chi connectivity index (χ2n) is 34.3. The van der Waals surface area contributed by atoms with Crippen LogP contribution >= 0.6 is 0 Å². The third-order valence-corrected chi connectivity index (χ3v) is 18.7. The van der Waals surface area contributed by atoms with Crippen molar-refractivity contribution >= 4 is 43.6 Å². The first-order chi connectivity index (χ1) is 42.9. The summed E-state index contributed by atoms with van der Waals surface area (Å²) in [7, 11) is 0. The van der Waals surface area contributed by atoms with Gasteiger partial charge in [-0.15, -0.1) is 0 Å². The van der Waals surface area contributed by atoms with Crippen molar-refractivity contribution in [2.45, 2.75) is 204 Å². The van der Waals surface area contributed by atoms with Gasteiger partial charge in [0.2, 0.25) is 0 Å². The molecule has 0 radical (unpaired) electrons. The van der Waals surface area contributed by atoms with Gasteiger partial charge in [0.25, 0.3) is 11.6 Å². The normalized spacial score (nSPS) is 12.9. The number of phenolic OH excluding ortho intramolecular Hbond substituents is 2. The number of ether oxygens (including phenoxy) is 2.